The van der Waals surface area contributed by atoms with Crippen molar-refractivity contribution in [1.82, 2.24) is 10.2 Å². The molecule has 0 bridgehead atoms. The van der Waals surface area contributed by atoms with Crippen LogP contribution in [0.5, 0.6) is 0 Å². The molecule has 0 radical (unpaired) electrons. The second-order valence-electron chi connectivity index (χ2n) is 5.52. The Morgan fingerprint density at radius 3 is 2.70 bits per heavy atom. The Balaban J connectivity index is 0.00000264. The minimum absolute atomic E-state index is 0. The number of hydrogen-bond acceptors (Lipinski definition) is 3. The summed E-state index contributed by atoms with van der Waals surface area (Å²) >= 11 is 1.77. The molecular weight excluding hydrogens is 419 g/mol. The minimum Gasteiger partial charge on any atom is -0.370 e. The van der Waals surface area contributed by atoms with Gasteiger partial charge in [0.15, 0.2) is 5.96 Å². The lowest BCUT2D eigenvalue weighted by Gasteiger charge is -2.10. The van der Waals surface area contributed by atoms with Crippen LogP contribution in [0.2, 0.25) is 0 Å². The molecule has 23 heavy (non-hydrogen) atoms. The predicted octanol–water partition coefficient (Wildman–Crippen LogP) is 3.07. The summed E-state index contributed by atoms with van der Waals surface area (Å²) in [6.45, 7) is 2.36. The van der Waals surface area contributed by atoms with Gasteiger partial charge in [-0.1, -0.05) is 30.3 Å². The van der Waals surface area contributed by atoms with Crippen LogP contribution in [0.3, 0.4) is 0 Å². The number of hydrogen-bond donors (Lipinski definition) is 2. The minimum atomic E-state index is 0. The molecule has 4 nitrogen and oxygen atoms in total. The molecule has 0 unspecified atom stereocenters. The number of thiophene rings is 1. The van der Waals surface area contributed by atoms with E-state index in [2.05, 4.69) is 71.1 Å². The van der Waals surface area contributed by atoms with E-state index in [9.17, 15) is 0 Å². The van der Waals surface area contributed by atoms with E-state index in [1.54, 1.807) is 11.3 Å². The van der Waals surface area contributed by atoms with Crippen molar-refractivity contribution in [3.8, 4) is 0 Å². The highest BCUT2D eigenvalue weighted by Gasteiger charge is 1.99. The van der Waals surface area contributed by atoms with Gasteiger partial charge in [-0.25, -0.2) is 4.99 Å². The highest BCUT2D eigenvalue weighted by molar-refractivity contribution is 14.0. The zero-order chi connectivity index (χ0) is 15.8. The van der Waals surface area contributed by atoms with E-state index in [4.69, 9.17) is 5.73 Å². The van der Waals surface area contributed by atoms with Crippen molar-refractivity contribution in [2.45, 2.75) is 19.5 Å². The molecule has 0 spiro atoms. The van der Waals surface area contributed by atoms with Gasteiger partial charge >= 0.3 is 0 Å². The Hall–Kier alpha value is -1.12. The first-order chi connectivity index (χ1) is 10.6. The summed E-state index contributed by atoms with van der Waals surface area (Å²) in [6, 6.07) is 12.7. The SMILES string of the molecule is CN(C)Cc1cccc(CN=C(N)NCCc2cccs2)c1.I. The Kier molecular flexibility index (Phi) is 9.20. The quantitative estimate of drug-likeness (QED) is 0.392. The third kappa shape index (κ3) is 7.81. The van der Waals surface area contributed by atoms with Crippen molar-refractivity contribution in [3.05, 3.63) is 57.8 Å². The van der Waals surface area contributed by atoms with Crippen LogP contribution >= 0.6 is 35.3 Å². The number of aliphatic imine (C=N–C) groups is 1. The summed E-state index contributed by atoms with van der Waals surface area (Å²) < 4.78 is 0. The lowest BCUT2D eigenvalue weighted by Crippen LogP contribution is -2.33. The van der Waals surface area contributed by atoms with Crippen molar-refractivity contribution in [2.24, 2.45) is 10.7 Å². The average Bonchev–Trinajstić information content (AvgIpc) is 2.98. The fourth-order valence-corrected chi connectivity index (χ4v) is 2.90. The molecule has 0 fully saturated rings. The first-order valence-corrected chi connectivity index (χ1v) is 8.30. The number of benzene rings is 1. The van der Waals surface area contributed by atoms with E-state index in [1.807, 2.05) is 0 Å². The standard InChI is InChI=1S/C17H24N4S.HI/c1-21(2)13-15-6-3-5-14(11-15)12-20-17(18)19-9-8-16-7-4-10-22-16;/h3-7,10-11H,8-9,12-13H2,1-2H3,(H3,18,19,20);1H. The van der Waals surface area contributed by atoms with Gasteiger partial charge in [0.1, 0.15) is 0 Å². The number of halogens is 1. The van der Waals surface area contributed by atoms with Gasteiger partial charge in [-0.2, -0.15) is 0 Å². The molecule has 1 aromatic carbocycles. The fraction of sp³-hybridized carbons (Fsp3) is 0.353. The normalized spacial score (nSPS) is 11.3. The molecule has 2 rings (SSSR count). The molecule has 6 heteroatoms. The Bertz CT molecular complexity index is 596. The number of nitrogens with zero attached hydrogens (tertiary/aromatic N) is 2. The molecule has 1 heterocycles. The van der Waals surface area contributed by atoms with Crippen LogP contribution in [0.4, 0.5) is 0 Å². The monoisotopic (exact) mass is 444 g/mol. The van der Waals surface area contributed by atoms with Gasteiger partial charge in [0.05, 0.1) is 6.54 Å². The van der Waals surface area contributed by atoms with E-state index in [-0.39, 0.29) is 24.0 Å². The molecule has 0 atom stereocenters. The fourth-order valence-electron chi connectivity index (χ4n) is 2.19. The van der Waals surface area contributed by atoms with E-state index >= 15 is 0 Å². The predicted molar refractivity (Wildman–Crippen MR) is 111 cm³/mol. The molecular formula is C17H25IN4S. The number of guanidine groups is 1. The second-order valence-corrected chi connectivity index (χ2v) is 6.55. The van der Waals surface area contributed by atoms with Gasteiger partial charge in [-0.15, -0.1) is 35.3 Å². The van der Waals surface area contributed by atoms with Gasteiger partial charge in [0.2, 0.25) is 0 Å². The van der Waals surface area contributed by atoms with Crippen LogP contribution in [0, 0.1) is 0 Å². The zero-order valence-corrected chi connectivity index (χ0v) is 16.8. The maximum atomic E-state index is 5.91. The summed E-state index contributed by atoms with van der Waals surface area (Å²) in [6.07, 6.45) is 0.978. The van der Waals surface area contributed by atoms with Crippen molar-refractivity contribution in [2.75, 3.05) is 20.6 Å². The maximum absolute atomic E-state index is 5.91. The average molecular weight is 444 g/mol. The van der Waals surface area contributed by atoms with Crippen LogP contribution in [-0.4, -0.2) is 31.5 Å². The molecule has 0 saturated heterocycles. The van der Waals surface area contributed by atoms with Crippen LogP contribution in [-0.2, 0) is 19.5 Å². The van der Waals surface area contributed by atoms with Gasteiger partial charge < -0.3 is 16.0 Å². The van der Waals surface area contributed by atoms with E-state index in [0.717, 1.165) is 19.5 Å². The summed E-state index contributed by atoms with van der Waals surface area (Å²) in [5.74, 6) is 0.509. The van der Waals surface area contributed by atoms with Crippen molar-refractivity contribution in [1.29, 1.82) is 0 Å². The molecule has 0 aliphatic heterocycles. The lowest BCUT2D eigenvalue weighted by atomic mass is 10.1. The van der Waals surface area contributed by atoms with Gasteiger partial charge in [-0.05, 0) is 43.1 Å². The first kappa shape index (κ1) is 19.9. The molecule has 2 aromatic rings. The van der Waals surface area contributed by atoms with Crippen LogP contribution in [0.15, 0.2) is 46.8 Å². The van der Waals surface area contributed by atoms with E-state index in [1.165, 1.54) is 16.0 Å². The van der Waals surface area contributed by atoms with Gasteiger partial charge in [0.25, 0.3) is 0 Å². The summed E-state index contributed by atoms with van der Waals surface area (Å²) in [5.41, 5.74) is 8.39. The topological polar surface area (TPSA) is 53.6 Å². The smallest absolute Gasteiger partial charge is 0.188 e. The van der Waals surface area contributed by atoms with Crippen LogP contribution in [0.1, 0.15) is 16.0 Å². The van der Waals surface area contributed by atoms with Crippen molar-refractivity contribution in [3.63, 3.8) is 0 Å². The van der Waals surface area contributed by atoms with Crippen LogP contribution in [0.25, 0.3) is 0 Å². The molecule has 126 valence electrons. The second kappa shape index (κ2) is 10.6. The molecule has 0 saturated carbocycles. The lowest BCUT2D eigenvalue weighted by molar-refractivity contribution is 0.402. The Morgan fingerprint density at radius 1 is 1.22 bits per heavy atom. The maximum Gasteiger partial charge on any atom is 0.188 e. The summed E-state index contributed by atoms with van der Waals surface area (Å²) in [4.78, 5) is 7.92. The summed E-state index contributed by atoms with van der Waals surface area (Å²) in [7, 11) is 4.14. The Morgan fingerprint density at radius 2 is 2.00 bits per heavy atom. The summed E-state index contributed by atoms with van der Waals surface area (Å²) in [5, 5.41) is 5.25. The molecule has 3 N–H and O–H groups in total. The van der Waals surface area contributed by atoms with Crippen LogP contribution < -0.4 is 11.1 Å². The third-order valence-electron chi connectivity index (χ3n) is 3.18. The highest BCUT2D eigenvalue weighted by Crippen LogP contribution is 2.09. The molecule has 0 amide bonds. The number of nitrogens with two attached hydrogens (primary N) is 1. The van der Waals surface area contributed by atoms with Gasteiger partial charge in [-0.3, -0.25) is 0 Å². The van der Waals surface area contributed by atoms with Crippen molar-refractivity contribution >= 4 is 41.3 Å². The molecule has 0 aliphatic rings. The number of rotatable bonds is 7. The van der Waals surface area contributed by atoms with Gasteiger partial charge in [0, 0.05) is 18.0 Å². The first-order valence-electron chi connectivity index (χ1n) is 7.42. The molecule has 0 aliphatic carbocycles. The third-order valence-corrected chi connectivity index (χ3v) is 4.12. The Labute approximate surface area is 159 Å². The largest absolute Gasteiger partial charge is 0.370 e. The van der Waals surface area contributed by atoms with E-state index < -0.39 is 0 Å². The zero-order valence-electron chi connectivity index (χ0n) is 13.7. The highest BCUT2D eigenvalue weighted by atomic mass is 127. The van der Waals surface area contributed by atoms with Crippen molar-refractivity contribution < 1.29 is 0 Å². The number of nitrogens with one attached hydrogen (secondary N) is 1. The van der Waals surface area contributed by atoms with E-state index in [0.29, 0.717) is 12.5 Å². The molecule has 1 aromatic heterocycles.